The molecule has 3 rings (SSSR count). The highest BCUT2D eigenvalue weighted by atomic mass is 28.1. The molecule has 3 radical (unpaired) electrons. The summed E-state index contributed by atoms with van der Waals surface area (Å²) >= 11 is 0. The van der Waals surface area contributed by atoms with Crippen molar-refractivity contribution in [3.8, 4) is 17.2 Å². The normalized spacial score (nSPS) is 21.7. The van der Waals surface area contributed by atoms with Crippen molar-refractivity contribution in [1.82, 2.24) is 10.6 Å². The zero-order valence-electron chi connectivity index (χ0n) is 18.2. The quantitative estimate of drug-likeness (QED) is 0.480. The van der Waals surface area contributed by atoms with E-state index in [9.17, 15) is 14.9 Å². The third kappa shape index (κ3) is 6.60. The van der Waals surface area contributed by atoms with Crippen LogP contribution in [0.2, 0.25) is 5.54 Å². The standard InChI is InChI=1S/C25H28N3O3Si/c1-17-24(32)16-31-23(15-27-17)25(30)28-22(14-26)13-19-7-9-20(10-8-19)21-6-2-4-18(12-21)5-3-11-29/h2,4,6-12,17,22-24,27H,3,5,13,15-16H2,1H3,(H,28,30)/t17-,22-,23-,24?/m0/s1. The fraction of sp³-hybridized carbons (Fsp3) is 0.400. The van der Waals surface area contributed by atoms with Crippen LogP contribution in [0.25, 0.3) is 11.1 Å². The Bertz CT molecular complexity index is 946. The van der Waals surface area contributed by atoms with Gasteiger partial charge in [-0.2, -0.15) is 5.26 Å². The van der Waals surface area contributed by atoms with E-state index in [2.05, 4.69) is 33.0 Å². The molecule has 165 valence electrons. The molecule has 1 aliphatic heterocycles. The highest BCUT2D eigenvalue weighted by Gasteiger charge is 2.27. The van der Waals surface area contributed by atoms with Crippen LogP contribution in [-0.4, -0.2) is 53.8 Å². The number of nitriles is 1. The monoisotopic (exact) mass is 446 g/mol. The van der Waals surface area contributed by atoms with Crippen molar-refractivity contribution in [3.05, 3.63) is 59.7 Å². The van der Waals surface area contributed by atoms with Crippen molar-refractivity contribution in [1.29, 1.82) is 5.26 Å². The Labute approximate surface area is 192 Å². The second-order valence-corrected chi connectivity index (χ2v) is 8.86. The first-order valence-electron chi connectivity index (χ1n) is 10.9. The zero-order valence-corrected chi connectivity index (χ0v) is 19.2. The number of nitrogens with one attached hydrogen (secondary N) is 2. The number of amides is 1. The predicted molar refractivity (Wildman–Crippen MR) is 124 cm³/mol. The molecule has 1 saturated heterocycles. The van der Waals surface area contributed by atoms with E-state index in [0.29, 0.717) is 26.0 Å². The minimum Gasteiger partial charge on any atom is -0.367 e. The number of nitrogens with zero attached hydrogens (tertiary/aromatic N) is 1. The molecule has 4 atom stereocenters. The number of ether oxygens (including phenoxy) is 1. The van der Waals surface area contributed by atoms with Crippen molar-refractivity contribution in [2.75, 3.05) is 13.2 Å². The zero-order chi connectivity index (χ0) is 22.9. The molecule has 2 aromatic rings. The number of carbonyl (C=O) groups excluding carboxylic acids is 2. The van der Waals surface area contributed by atoms with Gasteiger partial charge in [0.15, 0.2) is 0 Å². The number of carbonyl (C=O) groups is 2. The van der Waals surface area contributed by atoms with Gasteiger partial charge in [-0.3, -0.25) is 4.79 Å². The third-order valence-corrected chi connectivity index (χ3v) is 6.34. The lowest BCUT2D eigenvalue weighted by molar-refractivity contribution is -0.132. The van der Waals surface area contributed by atoms with E-state index >= 15 is 0 Å². The van der Waals surface area contributed by atoms with Crippen molar-refractivity contribution in [2.45, 2.75) is 49.9 Å². The molecule has 1 amide bonds. The van der Waals surface area contributed by atoms with E-state index in [1.165, 1.54) is 0 Å². The first kappa shape index (κ1) is 23.9. The van der Waals surface area contributed by atoms with E-state index in [1.807, 2.05) is 49.4 Å². The summed E-state index contributed by atoms with van der Waals surface area (Å²) < 4.78 is 5.69. The molecule has 0 saturated carbocycles. The summed E-state index contributed by atoms with van der Waals surface area (Å²) in [7, 11) is 3.59. The number of aryl methyl sites for hydroxylation is 1. The van der Waals surface area contributed by atoms with Gasteiger partial charge in [0.1, 0.15) is 18.4 Å². The topological polar surface area (TPSA) is 91.2 Å². The van der Waals surface area contributed by atoms with Crippen LogP contribution in [-0.2, 0) is 27.2 Å². The van der Waals surface area contributed by atoms with Gasteiger partial charge in [-0.05, 0) is 41.1 Å². The number of benzene rings is 2. The molecule has 2 N–H and O–H groups in total. The second-order valence-electron chi connectivity index (χ2n) is 8.12. The molecule has 0 aromatic heterocycles. The molecule has 1 heterocycles. The van der Waals surface area contributed by atoms with Crippen LogP contribution in [0.1, 0.15) is 24.5 Å². The lowest BCUT2D eigenvalue weighted by Gasteiger charge is -2.18. The van der Waals surface area contributed by atoms with E-state index in [-0.39, 0.29) is 17.5 Å². The van der Waals surface area contributed by atoms with Gasteiger partial charge in [-0.15, -0.1) is 0 Å². The Kier molecular flexibility index (Phi) is 8.74. The highest BCUT2D eigenvalue weighted by Crippen LogP contribution is 2.22. The molecule has 1 aliphatic rings. The lowest BCUT2D eigenvalue weighted by atomic mass is 9.98. The van der Waals surface area contributed by atoms with Crippen molar-refractivity contribution in [3.63, 3.8) is 0 Å². The molecule has 0 aliphatic carbocycles. The van der Waals surface area contributed by atoms with Crippen LogP contribution in [0.5, 0.6) is 0 Å². The van der Waals surface area contributed by atoms with Gasteiger partial charge in [0, 0.05) is 42.3 Å². The predicted octanol–water partition coefficient (Wildman–Crippen LogP) is 2.37. The lowest BCUT2D eigenvalue weighted by Crippen LogP contribution is -2.46. The average molecular weight is 447 g/mol. The molecular formula is C25H28N3O3Si. The average Bonchev–Trinajstić information content (AvgIpc) is 2.98. The fourth-order valence-corrected chi connectivity index (χ4v) is 3.84. The maximum absolute atomic E-state index is 12.6. The van der Waals surface area contributed by atoms with Gasteiger partial charge >= 0.3 is 0 Å². The molecule has 32 heavy (non-hydrogen) atoms. The Morgan fingerprint density at radius 2 is 2.06 bits per heavy atom. The Hall–Kier alpha value is -2.79. The van der Waals surface area contributed by atoms with Gasteiger partial charge in [0.05, 0.1) is 6.07 Å². The minimum absolute atomic E-state index is 0.129. The van der Waals surface area contributed by atoms with Crippen LogP contribution in [0, 0.1) is 11.3 Å². The molecular weight excluding hydrogens is 418 g/mol. The third-order valence-electron chi connectivity index (χ3n) is 5.68. The summed E-state index contributed by atoms with van der Waals surface area (Å²) in [5.74, 6) is -0.277. The number of aldehydes is 1. The maximum atomic E-state index is 12.6. The van der Waals surface area contributed by atoms with Gasteiger partial charge in [0.2, 0.25) is 0 Å². The van der Waals surface area contributed by atoms with Crippen molar-refractivity contribution in [2.24, 2.45) is 0 Å². The maximum Gasteiger partial charge on any atom is 0.251 e. The van der Waals surface area contributed by atoms with Crippen molar-refractivity contribution < 1.29 is 14.3 Å². The summed E-state index contributed by atoms with van der Waals surface area (Å²) in [6, 6.07) is 17.9. The summed E-state index contributed by atoms with van der Waals surface area (Å²) in [5.41, 5.74) is 4.37. The first-order valence-corrected chi connectivity index (χ1v) is 11.5. The Balaban J connectivity index is 1.59. The van der Waals surface area contributed by atoms with E-state index in [4.69, 9.17) is 4.74 Å². The molecule has 2 aromatic carbocycles. The summed E-state index contributed by atoms with van der Waals surface area (Å²) in [6.45, 7) is 2.87. The molecule has 6 nitrogen and oxygen atoms in total. The summed E-state index contributed by atoms with van der Waals surface area (Å²) in [5, 5.41) is 15.6. The van der Waals surface area contributed by atoms with Crippen LogP contribution >= 0.6 is 0 Å². The number of hydrogen-bond acceptors (Lipinski definition) is 5. The van der Waals surface area contributed by atoms with Crippen molar-refractivity contribution >= 4 is 22.4 Å². The summed E-state index contributed by atoms with van der Waals surface area (Å²) in [4.78, 5) is 23.2. The van der Waals surface area contributed by atoms with Crippen LogP contribution in [0.15, 0.2) is 48.5 Å². The van der Waals surface area contributed by atoms with Crippen LogP contribution < -0.4 is 10.6 Å². The van der Waals surface area contributed by atoms with Crippen LogP contribution in [0.4, 0.5) is 0 Å². The van der Waals surface area contributed by atoms with Gasteiger partial charge < -0.3 is 20.2 Å². The highest BCUT2D eigenvalue weighted by molar-refractivity contribution is 6.12. The molecule has 7 heteroatoms. The van der Waals surface area contributed by atoms with Gasteiger partial charge in [-0.1, -0.05) is 48.5 Å². The van der Waals surface area contributed by atoms with Gasteiger partial charge in [0.25, 0.3) is 5.91 Å². The Morgan fingerprint density at radius 1 is 1.28 bits per heavy atom. The Morgan fingerprint density at radius 3 is 2.78 bits per heavy atom. The fourth-order valence-electron chi connectivity index (χ4n) is 3.62. The first-order chi connectivity index (χ1) is 15.5. The largest absolute Gasteiger partial charge is 0.367 e. The summed E-state index contributed by atoms with van der Waals surface area (Å²) in [6.07, 6.45) is 1.97. The van der Waals surface area contributed by atoms with Gasteiger partial charge in [-0.25, -0.2) is 0 Å². The number of hydrogen-bond donors (Lipinski definition) is 2. The van der Waals surface area contributed by atoms with E-state index in [0.717, 1.165) is 35.0 Å². The van der Waals surface area contributed by atoms with E-state index < -0.39 is 12.1 Å². The molecule has 0 bridgehead atoms. The second kappa shape index (κ2) is 11.7. The smallest absolute Gasteiger partial charge is 0.251 e. The van der Waals surface area contributed by atoms with Crippen LogP contribution in [0.3, 0.4) is 0 Å². The SMILES string of the molecule is C[C@@H]1NC[C@@H](C(=O)N[C@H](C#N)Cc2ccc(-c3cccc(CCC=O)c3)cc2)OCC1[Si]. The number of rotatable bonds is 8. The van der Waals surface area contributed by atoms with E-state index in [1.54, 1.807) is 0 Å². The molecule has 1 unspecified atom stereocenters. The minimum atomic E-state index is -0.636. The molecule has 0 spiro atoms. The molecule has 1 fully saturated rings.